The lowest BCUT2D eigenvalue weighted by Gasteiger charge is -2.19. The van der Waals surface area contributed by atoms with Crippen LogP contribution in [0.25, 0.3) is 0 Å². The summed E-state index contributed by atoms with van der Waals surface area (Å²) >= 11 is 1.54. The third kappa shape index (κ3) is 8.03. The summed E-state index contributed by atoms with van der Waals surface area (Å²) in [5, 5.41) is 2.64. The average Bonchev–Trinajstić information content (AvgIpc) is 2.83. The minimum Gasteiger partial charge on any atom is -0.497 e. The quantitative estimate of drug-likeness (QED) is 0.437. The summed E-state index contributed by atoms with van der Waals surface area (Å²) in [4.78, 5) is 37.3. The Morgan fingerprint density at radius 2 is 1.59 bits per heavy atom. The summed E-state index contributed by atoms with van der Waals surface area (Å²) in [5.74, 6) is 0.508. The maximum Gasteiger partial charge on any atom is 0.269 e. The third-order valence-corrected chi connectivity index (χ3v) is 4.93. The zero-order valence-electron chi connectivity index (χ0n) is 18.2. The molecular formula is C22H27N3O6S. The maximum absolute atomic E-state index is 12.6. The van der Waals surface area contributed by atoms with Crippen LogP contribution < -0.4 is 30.4 Å². The van der Waals surface area contributed by atoms with Gasteiger partial charge in [0.1, 0.15) is 23.3 Å². The van der Waals surface area contributed by atoms with E-state index in [-0.39, 0.29) is 12.2 Å². The highest BCUT2D eigenvalue weighted by atomic mass is 32.2. The first-order chi connectivity index (χ1) is 15.5. The minimum absolute atomic E-state index is 0.233. The van der Waals surface area contributed by atoms with Crippen molar-refractivity contribution in [2.45, 2.75) is 12.5 Å². The fourth-order valence-electron chi connectivity index (χ4n) is 2.62. The molecule has 0 spiro atoms. The third-order valence-electron chi connectivity index (χ3n) is 4.29. The predicted molar refractivity (Wildman–Crippen MR) is 122 cm³/mol. The highest BCUT2D eigenvalue weighted by Crippen LogP contribution is 2.22. The summed E-state index contributed by atoms with van der Waals surface area (Å²) in [7, 11) is 2.94. The Labute approximate surface area is 191 Å². The van der Waals surface area contributed by atoms with Crippen molar-refractivity contribution in [3.63, 3.8) is 0 Å². The number of hydrogen-bond donors (Lipinski definition) is 3. The van der Waals surface area contributed by atoms with Crippen LogP contribution >= 0.6 is 11.8 Å². The predicted octanol–water partition coefficient (Wildman–Crippen LogP) is 1.78. The summed E-state index contributed by atoms with van der Waals surface area (Å²) in [6, 6.07) is 12.7. The molecule has 1 unspecified atom stereocenters. The molecule has 0 radical (unpaired) electrons. The van der Waals surface area contributed by atoms with E-state index in [1.807, 2.05) is 12.3 Å². The second kappa shape index (κ2) is 13.1. The van der Waals surface area contributed by atoms with E-state index < -0.39 is 23.8 Å². The van der Waals surface area contributed by atoms with Gasteiger partial charge in [-0.2, -0.15) is 11.8 Å². The molecule has 0 saturated carbocycles. The second-order valence-electron chi connectivity index (χ2n) is 6.55. The number of thioether (sulfide) groups is 1. The van der Waals surface area contributed by atoms with Gasteiger partial charge >= 0.3 is 0 Å². The Morgan fingerprint density at radius 3 is 2.19 bits per heavy atom. The number of ether oxygens (including phenoxy) is 3. The lowest BCUT2D eigenvalue weighted by Crippen LogP contribution is -2.53. The summed E-state index contributed by atoms with van der Waals surface area (Å²) in [6.07, 6.45) is 2.28. The molecule has 10 heteroatoms. The molecule has 3 amide bonds. The molecule has 2 aromatic rings. The Hall–Kier alpha value is -3.40. The Morgan fingerprint density at radius 1 is 0.938 bits per heavy atom. The molecule has 2 rings (SSSR count). The van der Waals surface area contributed by atoms with Gasteiger partial charge in [-0.3, -0.25) is 25.2 Å². The molecule has 0 fully saturated rings. The fourth-order valence-corrected chi connectivity index (χ4v) is 3.09. The molecule has 0 aliphatic rings. The van der Waals surface area contributed by atoms with E-state index in [9.17, 15) is 14.4 Å². The first-order valence-corrected chi connectivity index (χ1v) is 11.2. The van der Waals surface area contributed by atoms with Crippen molar-refractivity contribution in [3.8, 4) is 17.2 Å². The van der Waals surface area contributed by atoms with Crippen LogP contribution in [0.5, 0.6) is 17.2 Å². The first kappa shape index (κ1) is 24.9. The minimum atomic E-state index is -0.838. The molecule has 3 N–H and O–H groups in total. The van der Waals surface area contributed by atoms with Gasteiger partial charge in [0, 0.05) is 11.6 Å². The van der Waals surface area contributed by atoms with Gasteiger partial charge in [-0.25, -0.2) is 0 Å². The van der Waals surface area contributed by atoms with Crippen molar-refractivity contribution in [1.29, 1.82) is 0 Å². The highest BCUT2D eigenvalue weighted by molar-refractivity contribution is 7.98. The van der Waals surface area contributed by atoms with Crippen molar-refractivity contribution >= 4 is 29.5 Å². The van der Waals surface area contributed by atoms with Crippen LogP contribution in [0.1, 0.15) is 16.8 Å². The molecule has 2 aromatic carbocycles. The SMILES string of the molecule is COc1cc(OC)cc(C(=O)NNC(=O)C(CCSC)NC(=O)COc2ccccc2)c1. The van der Waals surface area contributed by atoms with Crippen LogP contribution in [0, 0.1) is 0 Å². The topological polar surface area (TPSA) is 115 Å². The molecule has 0 saturated heterocycles. The number of carbonyl (C=O) groups is 3. The molecule has 0 heterocycles. The summed E-state index contributed by atoms with van der Waals surface area (Å²) < 4.78 is 15.7. The number of benzene rings is 2. The Balaban J connectivity index is 1.93. The van der Waals surface area contributed by atoms with Crippen LogP contribution in [-0.2, 0) is 9.59 Å². The van der Waals surface area contributed by atoms with Crippen molar-refractivity contribution in [2.24, 2.45) is 0 Å². The molecule has 32 heavy (non-hydrogen) atoms. The van der Waals surface area contributed by atoms with Crippen molar-refractivity contribution < 1.29 is 28.6 Å². The number of rotatable bonds is 11. The van der Waals surface area contributed by atoms with Gasteiger partial charge < -0.3 is 19.5 Å². The summed E-state index contributed by atoms with van der Waals surface area (Å²) in [5.41, 5.74) is 4.95. The van der Waals surface area contributed by atoms with E-state index in [2.05, 4.69) is 16.2 Å². The van der Waals surface area contributed by atoms with Crippen LogP contribution in [0.2, 0.25) is 0 Å². The van der Waals surface area contributed by atoms with E-state index in [0.29, 0.717) is 29.4 Å². The normalized spacial score (nSPS) is 11.1. The first-order valence-electron chi connectivity index (χ1n) is 9.76. The van der Waals surface area contributed by atoms with Gasteiger partial charge in [0.2, 0.25) is 0 Å². The number of hydrogen-bond acceptors (Lipinski definition) is 7. The highest BCUT2D eigenvalue weighted by Gasteiger charge is 2.21. The van der Waals surface area contributed by atoms with Gasteiger partial charge in [-0.05, 0) is 42.7 Å². The van der Waals surface area contributed by atoms with Crippen molar-refractivity contribution in [3.05, 3.63) is 54.1 Å². The van der Waals surface area contributed by atoms with E-state index in [1.54, 1.807) is 30.3 Å². The Kier molecular flexibility index (Phi) is 10.2. The standard InChI is InChI=1S/C22H27N3O6S/c1-29-17-11-15(12-18(13-17)30-2)21(27)24-25-22(28)19(9-10-32-3)23-20(26)14-31-16-7-5-4-6-8-16/h4-8,11-13,19H,9-10,14H2,1-3H3,(H,23,26)(H,24,27)(H,25,28). The molecule has 0 aliphatic heterocycles. The van der Waals surface area contributed by atoms with Gasteiger partial charge in [0.05, 0.1) is 14.2 Å². The summed E-state index contributed by atoms with van der Waals surface area (Å²) in [6.45, 7) is -0.233. The van der Waals surface area contributed by atoms with E-state index in [1.165, 1.54) is 38.1 Å². The fraction of sp³-hybridized carbons (Fsp3) is 0.318. The lowest BCUT2D eigenvalue weighted by molar-refractivity contribution is -0.130. The lowest BCUT2D eigenvalue weighted by atomic mass is 10.2. The maximum atomic E-state index is 12.6. The molecule has 9 nitrogen and oxygen atoms in total. The zero-order valence-corrected chi connectivity index (χ0v) is 19.0. The number of hydrazine groups is 1. The monoisotopic (exact) mass is 461 g/mol. The van der Waals surface area contributed by atoms with Gasteiger partial charge in [0.25, 0.3) is 17.7 Å². The van der Waals surface area contributed by atoms with Crippen LogP contribution in [0.3, 0.4) is 0 Å². The number of methoxy groups -OCH3 is 2. The number of carbonyl (C=O) groups excluding carboxylic acids is 3. The van der Waals surface area contributed by atoms with Gasteiger partial charge in [0.15, 0.2) is 6.61 Å². The molecule has 1 atom stereocenters. The van der Waals surface area contributed by atoms with Crippen molar-refractivity contribution in [2.75, 3.05) is 32.8 Å². The molecule has 0 bridgehead atoms. The average molecular weight is 462 g/mol. The molecular weight excluding hydrogens is 434 g/mol. The molecule has 0 aliphatic carbocycles. The van der Waals surface area contributed by atoms with Crippen molar-refractivity contribution in [1.82, 2.24) is 16.2 Å². The van der Waals surface area contributed by atoms with E-state index in [4.69, 9.17) is 14.2 Å². The largest absolute Gasteiger partial charge is 0.497 e. The second-order valence-corrected chi connectivity index (χ2v) is 7.53. The number of para-hydroxylation sites is 1. The van der Waals surface area contributed by atoms with Crippen LogP contribution in [0.15, 0.2) is 48.5 Å². The molecule has 172 valence electrons. The zero-order chi connectivity index (χ0) is 23.3. The van der Waals surface area contributed by atoms with Crippen LogP contribution in [0.4, 0.5) is 0 Å². The molecule has 0 aromatic heterocycles. The smallest absolute Gasteiger partial charge is 0.269 e. The number of amides is 3. The van der Waals surface area contributed by atoms with E-state index in [0.717, 1.165) is 0 Å². The van der Waals surface area contributed by atoms with Gasteiger partial charge in [-0.15, -0.1) is 0 Å². The van der Waals surface area contributed by atoms with Gasteiger partial charge in [-0.1, -0.05) is 18.2 Å². The van der Waals surface area contributed by atoms with Crippen LogP contribution in [-0.4, -0.2) is 56.6 Å². The number of nitrogens with one attached hydrogen (secondary N) is 3. The Bertz CT molecular complexity index is 888. The van der Waals surface area contributed by atoms with E-state index >= 15 is 0 Å².